The highest BCUT2D eigenvalue weighted by Crippen LogP contribution is 2.46. The number of phenols is 2. The molecule has 0 amide bonds. The van der Waals surface area contributed by atoms with Crippen LogP contribution in [0.3, 0.4) is 0 Å². The minimum Gasteiger partial charge on any atom is -0.505 e. The molecule has 10 rings (SSSR count). The Labute approximate surface area is 378 Å². The van der Waals surface area contributed by atoms with Crippen LogP contribution in [0.1, 0.15) is 31.4 Å². The molecule has 0 aliphatic carbocycles. The highest BCUT2D eigenvalue weighted by atomic mass is 16.5. The maximum absolute atomic E-state index is 12.3. The van der Waals surface area contributed by atoms with E-state index in [2.05, 4.69) is 57.7 Å². The fraction of sp³-hybridized carbons (Fsp3) is 0.158. The first-order valence-corrected chi connectivity index (χ1v) is 22.0. The topological polar surface area (TPSA) is 87.2 Å². The molecule has 2 heterocycles. The predicted octanol–water partition coefficient (Wildman–Crippen LogP) is 13.9. The first-order valence-electron chi connectivity index (χ1n) is 22.0. The average molecular weight is 859 g/mol. The van der Waals surface area contributed by atoms with Gasteiger partial charge in [0, 0.05) is 50.2 Å². The first-order chi connectivity index (χ1) is 31.6. The lowest BCUT2D eigenvalue weighted by Crippen LogP contribution is -2.23. The van der Waals surface area contributed by atoms with Crippen molar-refractivity contribution in [3.63, 3.8) is 0 Å². The van der Waals surface area contributed by atoms with Gasteiger partial charge in [-0.05, 0) is 124 Å². The smallest absolute Gasteiger partial charge is 0.147 e. The number of phenolic OH excluding ortho intramolecular Hbond substituents is 2. The lowest BCUT2D eigenvalue weighted by Gasteiger charge is -2.24. The minimum atomic E-state index is -0.308. The molecule has 0 saturated carbocycles. The number of hydrogen-bond donors (Lipinski definition) is 2. The molecule has 8 heteroatoms. The summed E-state index contributed by atoms with van der Waals surface area (Å²) in [4.78, 5) is 0. The van der Waals surface area contributed by atoms with E-state index in [0.717, 1.165) is 54.7 Å². The van der Waals surface area contributed by atoms with Crippen LogP contribution in [-0.2, 0) is 0 Å². The number of rotatable bonds is 12. The van der Waals surface area contributed by atoms with E-state index in [1.807, 2.05) is 137 Å². The monoisotopic (exact) mass is 858 g/mol. The van der Waals surface area contributed by atoms with Crippen molar-refractivity contribution in [2.24, 2.45) is 0 Å². The summed E-state index contributed by atoms with van der Waals surface area (Å²) < 4.78 is 29.2. The van der Waals surface area contributed by atoms with E-state index in [9.17, 15) is 10.2 Å². The van der Waals surface area contributed by atoms with E-state index in [-0.39, 0.29) is 23.7 Å². The van der Waals surface area contributed by atoms with Crippen LogP contribution in [0.25, 0.3) is 77.2 Å². The molecule has 1 unspecified atom stereocenters. The number of benzene rings is 8. The van der Waals surface area contributed by atoms with E-state index >= 15 is 0 Å². The molecular weight excluding hydrogens is 809 g/mol. The van der Waals surface area contributed by atoms with Gasteiger partial charge in [-0.15, -0.1) is 0 Å². The molecule has 324 valence electrons. The summed E-state index contributed by atoms with van der Waals surface area (Å²) >= 11 is 0. The Kier molecular flexibility index (Phi) is 10.6. The Bertz CT molecular complexity index is 3100. The third-order valence-electron chi connectivity index (χ3n) is 12.4. The molecule has 0 bridgehead atoms. The minimum absolute atomic E-state index is 0.136. The fourth-order valence-electron chi connectivity index (χ4n) is 9.53. The van der Waals surface area contributed by atoms with Crippen molar-refractivity contribution in [1.29, 1.82) is 0 Å². The van der Waals surface area contributed by atoms with Crippen LogP contribution < -0.4 is 18.9 Å². The number of aryl methyl sites for hydroxylation is 2. The largest absolute Gasteiger partial charge is 0.505 e. The molecule has 2 aromatic heterocycles. The van der Waals surface area contributed by atoms with Crippen molar-refractivity contribution in [1.82, 2.24) is 9.13 Å². The van der Waals surface area contributed by atoms with E-state index in [1.54, 1.807) is 14.2 Å². The molecule has 2 atom stereocenters. The number of para-hydroxylation sites is 4. The van der Waals surface area contributed by atoms with Crippen molar-refractivity contribution in [3.8, 4) is 68.1 Å². The van der Waals surface area contributed by atoms with Crippen molar-refractivity contribution in [3.05, 3.63) is 169 Å². The molecular formula is C57H50N2O6. The van der Waals surface area contributed by atoms with Gasteiger partial charge in [0.05, 0.1) is 59.9 Å². The van der Waals surface area contributed by atoms with Gasteiger partial charge >= 0.3 is 0 Å². The summed E-state index contributed by atoms with van der Waals surface area (Å²) in [5.74, 6) is 2.76. The highest BCUT2D eigenvalue weighted by Gasteiger charge is 2.24. The van der Waals surface area contributed by atoms with E-state index < -0.39 is 0 Å². The summed E-state index contributed by atoms with van der Waals surface area (Å²) in [7, 11) is 3.27. The summed E-state index contributed by atoms with van der Waals surface area (Å²) in [5, 5.41) is 29.0. The van der Waals surface area contributed by atoms with Gasteiger partial charge in [0.2, 0.25) is 0 Å². The van der Waals surface area contributed by atoms with Crippen LogP contribution in [0.2, 0.25) is 0 Å². The number of hydrogen-bond acceptors (Lipinski definition) is 6. The van der Waals surface area contributed by atoms with Gasteiger partial charge < -0.3 is 38.3 Å². The Balaban J connectivity index is 0.970. The Morgan fingerprint density at radius 3 is 1.11 bits per heavy atom. The third kappa shape index (κ3) is 7.31. The van der Waals surface area contributed by atoms with Crippen LogP contribution in [0.15, 0.2) is 158 Å². The Hall–Kier alpha value is -7.84. The van der Waals surface area contributed by atoms with Gasteiger partial charge in [-0.1, -0.05) is 72.8 Å². The van der Waals surface area contributed by atoms with Gasteiger partial charge in [0.15, 0.2) is 0 Å². The highest BCUT2D eigenvalue weighted by molar-refractivity contribution is 6.10. The predicted molar refractivity (Wildman–Crippen MR) is 263 cm³/mol. The zero-order valence-corrected chi connectivity index (χ0v) is 37.3. The normalized spacial score (nSPS) is 12.5. The third-order valence-corrected chi connectivity index (χ3v) is 12.4. The van der Waals surface area contributed by atoms with E-state index in [4.69, 9.17) is 18.9 Å². The van der Waals surface area contributed by atoms with Crippen LogP contribution >= 0.6 is 0 Å². The summed E-state index contributed by atoms with van der Waals surface area (Å²) in [6, 6.07) is 52.5. The second kappa shape index (κ2) is 16.7. The molecule has 0 radical (unpaired) electrons. The van der Waals surface area contributed by atoms with Crippen LogP contribution in [0.4, 0.5) is 0 Å². The Morgan fingerprint density at radius 1 is 0.431 bits per heavy atom. The van der Waals surface area contributed by atoms with Gasteiger partial charge in [-0.2, -0.15) is 0 Å². The van der Waals surface area contributed by atoms with Gasteiger partial charge in [0.1, 0.15) is 34.5 Å². The van der Waals surface area contributed by atoms with Gasteiger partial charge in [0.25, 0.3) is 0 Å². The first kappa shape index (κ1) is 41.2. The number of methoxy groups -OCH3 is 2. The molecule has 2 N–H and O–H groups in total. The molecule has 0 aliphatic rings. The molecule has 10 aromatic rings. The van der Waals surface area contributed by atoms with E-state index in [1.165, 1.54) is 0 Å². The zero-order valence-electron chi connectivity index (χ0n) is 37.3. The number of aromatic nitrogens is 2. The summed E-state index contributed by atoms with van der Waals surface area (Å²) in [5.41, 5.74) is 10.0. The molecule has 0 fully saturated rings. The molecule has 65 heavy (non-hydrogen) atoms. The number of ether oxygens (including phenoxy) is 4. The fourth-order valence-corrected chi connectivity index (χ4v) is 9.53. The van der Waals surface area contributed by atoms with Gasteiger partial charge in [-0.25, -0.2) is 0 Å². The van der Waals surface area contributed by atoms with Gasteiger partial charge in [-0.3, -0.25) is 0 Å². The number of nitrogens with zero attached hydrogens (tertiary/aromatic N) is 2. The SMILES string of the molecule is COc1ccc(OC(C)C[C@H](C)Oc2ccc(OC)cc2-c2cc(C)cc(-n3c4ccccc4c4ccccc43)c2O)c(-c2cc(C)cc(-n3c4ccccc4c4ccccc43)c2O)c1. The summed E-state index contributed by atoms with van der Waals surface area (Å²) in [6.07, 6.45) is -0.0933. The second-order valence-corrected chi connectivity index (χ2v) is 16.9. The number of fused-ring (bicyclic) bond motifs is 6. The molecule has 0 aliphatic heterocycles. The lowest BCUT2D eigenvalue weighted by atomic mass is 9.99. The second-order valence-electron chi connectivity index (χ2n) is 16.9. The molecule has 0 spiro atoms. The van der Waals surface area contributed by atoms with Crippen molar-refractivity contribution in [2.45, 2.75) is 46.3 Å². The average Bonchev–Trinajstić information content (AvgIpc) is 3.83. The molecule has 8 aromatic carbocycles. The molecule has 8 nitrogen and oxygen atoms in total. The zero-order chi connectivity index (χ0) is 44.9. The quantitative estimate of drug-likeness (QED) is 0.127. The standard InChI is InChI=1S/C57H50N2O6/c1-34-27-46(56(60)52(29-34)58-48-19-11-7-15-40(48)41-16-8-12-20-49(41)58)44-32-38(62-5)23-25-54(44)64-36(3)31-37(4)65-55-26-24-39(63-6)33-45(55)47-28-35(2)30-53(57(47)61)59-50-21-13-9-17-42(50)43-18-10-14-22-51(43)59/h7-30,32-33,36-37,60-61H,31H2,1-6H3/t36-,37?/m0/s1. The van der Waals surface area contributed by atoms with Crippen molar-refractivity contribution in [2.75, 3.05) is 14.2 Å². The maximum Gasteiger partial charge on any atom is 0.147 e. The lowest BCUT2D eigenvalue weighted by molar-refractivity contribution is 0.131. The molecule has 0 saturated heterocycles. The number of aromatic hydroxyl groups is 2. The van der Waals surface area contributed by atoms with Crippen LogP contribution in [0.5, 0.6) is 34.5 Å². The van der Waals surface area contributed by atoms with Crippen LogP contribution in [0, 0.1) is 13.8 Å². The van der Waals surface area contributed by atoms with Crippen molar-refractivity contribution < 1.29 is 29.2 Å². The maximum atomic E-state index is 12.3. The Morgan fingerprint density at radius 2 is 0.769 bits per heavy atom. The summed E-state index contributed by atoms with van der Waals surface area (Å²) in [6.45, 7) is 8.12. The van der Waals surface area contributed by atoms with Crippen LogP contribution in [-0.4, -0.2) is 45.8 Å². The van der Waals surface area contributed by atoms with E-state index in [0.29, 0.717) is 63.0 Å². The van der Waals surface area contributed by atoms with Crippen molar-refractivity contribution >= 4 is 43.6 Å².